The van der Waals surface area contributed by atoms with E-state index in [4.69, 9.17) is 0 Å². The normalized spacial score (nSPS) is 14.4. The summed E-state index contributed by atoms with van der Waals surface area (Å²) in [4.78, 5) is 2.51. The zero-order chi connectivity index (χ0) is 37.8. The summed E-state index contributed by atoms with van der Waals surface area (Å²) in [7, 11) is 0. The van der Waals surface area contributed by atoms with Crippen molar-refractivity contribution in [2.45, 2.75) is 38.5 Å². The molecular weight excluding hydrogens is 695 g/mol. The molecule has 2 heteroatoms. The van der Waals surface area contributed by atoms with Gasteiger partial charge in [-0.15, -0.1) is 11.3 Å². The van der Waals surface area contributed by atoms with E-state index in [1.165, 1.54) is 92.6 Å². The second kappa shape index (κ2) is 12.1. The highest BCUT2D eigenvalue weighted by atomic mass is 32.1. The maximum atomic E-state index is 2.51. The summed E-state index contributed by atoms with van der Waals surface area (Å²) in [6.07, 6.45) is 0. The first kappa shape index (κ1) is 33.1. The average molecular weight is 736 g/mol. The SMILES string of the molecule is CC1(C)c2ccccc2-c2ccc(-c3cc4c(cc3N(c3ccc(-c5ccccc5)cc3)c3ccc5c(c3)C(C)(C)c3ccccc3-5)sc3ccccc34)cc21. The van der Waals surface area contributed by atoms with E-state index in [2.05, 4.69) is 209 Å². The molecule has 8 aromatic carbocycles. The number of thiophene rings is 1. The molecule has 0 amide bonds. The lowest BCUT2D eigenvalue weighted by molar-refractivity contribution is 0.660. The van der Waals surface area contributed by atoms with Crippen LogP contribution in [0.15, 0.2) is 176 Å². The van der Waals surface area contributed by atoms with Crippen LogP contribution >= 0.6 is 11.3 Å². The van der Waals surface area contributed by atoms with Gasteiger partial charge < -0.3 is 4.90 Å². The van der Waals surface area contributed by atoms with E-state index >= 15 is 0 Å². The van der Waals surface area contributed by atoms with Crippen LogP contribution in [-0.2, 0) is 10.8 Å². The number of rotatable bonds is 5. The first-order chi connectivity index (χ1) is 27.3. The highest BCUT2D eigenvalue weighted by Gasteiger charge is 2.37. The molecule has 0 aliphatic heterocycles. The Morgan fingerprint density at radius 3 is 1.61 bits per heavy atom. The van der Waals surface area contributed by atoms with E-state index in [-0.39, 0.29) is 10.8 Å². The maximum absolute atomic E-state index is 2.51. The van der Waals surface area contributed by atoms with Crippen molar-refractivity contribution < 1.29 is 0 Å². The monoisotopic (exact) mass is 735 g/mol. The number of nitrogens with zero attached hydrogens (tertiary/aromatic N) is 1. The number of hydrogen-bond donors (Lipinski definition) is 0. The molecule has 56 heavy (non-hydrogen) atoms. The van der Waals surface area contributed by atoms with E-state index in [1.54, 1.807) is 0 Å². The van der Waals surface area contributed by atoms with Crippen LogP contribution in [0.4, 0.5) is 17.1 Å². The third-order valence-electron chi connectivity index (χ3n) is 12.7. The molecule has 1 heterocycles. The van der Waals surface area contributed by atoms with Gasteiger partial charge in [-0.05, 0) is 110 Å². The number of hydrogen-bond acceptors (Lipinski definition) is 2. The highest BCUT2D eigenvalue weighted by Crippen LogP contribution is 2.54. The van der Waals surface area contributed by atoms with Crippen molar-refractivity contribution in [1.82, 2.24) is 0 Å². The zero-order valence-electron chi connectivity index (χ0n) is 32.1. The van der Waals surface area contributed by atoms with Crippen LogP contribution in [0.1, 0.15) is 49.9 Å². The fourth-order valence-corrected chi connectivity index (χ4v) is 10.9. The molecule has 0 bridgehead atoms. The van der Waals surface area contributed by atoms with Crippen molar-refractivity contribution in [2.24, 2.45) is 0 Å². The molecule has 0 spiro atoms. The number of benzene rings is 8. The molecule has 2 aliphatic rings. The van der Waals surface area contributed by atoms with Gasteiger partial charge in [0.2, 0.25) is 0 Å². The molecule has 2 aliphatic carbocycles. The lowest BCUT2D eigenvalue weighted by atomic mass is 9.81. The van der Waals surface area contributed by atoms with Gasteiger partial charge in [-0.25, -0.2) is 0 Å². The van der Waals surface area contributed by atoms with Crippen molar-refractivity contribution >= 4 is 48.6 Å². The molecule has 0 N–H and O–H groups in total. The minimum Gasteiger partial charge on any atom is -0.310 e. The topological polar surface area (TPSA) is 3.24 Å². The highest BCUT2D eigenvalue weighted by molar-refractivity contribution is 7.25. The quantitative estimate of drug-likeness (QED) is 0.170. The second-order valence-electron chi connectivity index (χ2n) is 16.5. The lowest BCUT2D eigenvalue weighted by Crippen LogP contribution is -2.17. The molecule has 0 atom stereocenters. The molecule has 0 unspecified atom stereocenters. The second-order valence-corrected chi connectivity index (χ2v) is 17.6. The Hall–Kier alpha value is -6.22. The van der Waals surface area contributed by atoms with Gasteiger partial charge in [0, 0.05) is 47.9 Å². The van der Waals surface area contributed by atoms with Gasteiger partial charge in [-0.3, -0.25) is 0 Å². The summed E-state index contributed by atoms with van der Waals surface area (Å²) in [6.45, 7) is 9.50. The van der Waals surface area contributed by atoms with Crippen LogP contribution in [-0.4, -0.2) is 0 Å². The largest absolute Gasteiger partial charge is 0.310 e. The van der Waals surface area contributed by atoms with Crippen molar-refractivity contribution in [3.8, 4) is 44.5 Å². The van der Waals surface area contributed by atoms with E-state index in [0.29, 0.717) is 0 Å². The predicted molar refractivity (Wildman–Crippen MR) is 240 cm³/mol. The zero-order valence-corrected chi connectivity index (χ0v) is 32.9. The summed E-state index contributed by atoms with van der Waals surface area (Å²) in [5.41, 5.74) is 19.0. The minimum absolute atomic E-state index is 0.102. The lowest BCUT2D eigenvalue weighted by Gasteiger charge is -2.30. The fraction of sp³-hybridized carbons (Fsp3) is 0.111. The summed E-state index contributed by atoms with van der Waals surface area (Å²) >= 11 is 1.88. The smallest absolute Gasteiger partial charge is 0.0554 e. The summed E-state index contributed by atoms with van der Waals surface area (Å²) < 4.78 is 2.60. The van der Waals surface area contributed by atoms with Crippen LogP contribution in [0.2, 0.25) is 0 Å². The predicted octanol–water partition coefficient (Wildman–Crippen LogP) is 15.5. The molecule has 0 fully saturated rings. The summed E-state index contributed by atoms with van der Waals surface area (Å²) in [5.74, 6) is 0. The molecule has 1 aromatic heterocycles. The van der Waals surface area contributed by atoms with Crippen molar-refractivity contribution in [3.05, 3.63) is 198 Å². The first-order valence-electron chi connectivity index (χ1n) is 19.7. The molecule has 0 saturated heterocycles. The molecular formula is C54H41NS. The Bertz CT molecular complexity index is 3020. The van der Waals surface area contributed by atoms with Crippen LogP contribution in [0.3, 0.4) is 0 Å². The Kier molecular flexibility index (Phi) is 7.18. The first-order valence-corrected chi connectivity index (χ1v) is 20.5. The van der Waals surface area contributed by atoms with Crippen molar-refractivity contribution in [2.75, 3.05) is 4.90 Å². The molecule has 9 aromatic rings. The minimum atomic E-state index is -0.121. The number of fused-ring (bicyclic) bond motifs is 9. The van der Waals surface area contributed by atoms with Gasteiger partial charge in [0.15, 0.2) is 0 Å². The van der Waals surface area contributed by atoms with Crippen molar-refractivity contribution in [3.63, 3.8) is 0 Å². The molecule has 1 nitrogen and oxygen atoms in total. The van der Waals surface area contributed by atoms with Crippen molar-refractivity contribution in [1.29, 1.82) is 0 Å². The third-order valence-corrected chi connectivity index (χ3v) is 13.8. The summed E-state index contributed by atoms with van der Waals surface area (Å²) in [6, 6.07) is 65.9. The number of anilines is 3. The van der Waals surface area contributed by atoms with Crippen LogP contribution in [0.5, 0.6) is 0 Å². The van der Waals surface area contributed by atoms with Gasteiger partial charge >= 0.3 is 0 Å². The standard InChI is InChI=1S/C54H41NS/c1-53(2)46-19-11-8-16-39(46)41-28-24-36(30-48(41)53)44-32-45-43-18-10-13-21-51(43)56-52(45)33-50(44)55(37-25-22-35(23-26-37)34-14-6-5-7-15-34)38-27-29-42-40-17-9-12-20-47(40)54(3,4)49(42)31-38/h5-33H,1-4H3. The molecule has 0 radical (unpaired) electrons. The average Bonchev–Trinajstić information content (AvgIpc) is 3.80. The Morgan fingerprint density at radius 2 is 0.893 bits per heavy atom. The van der Waals surface area contributed by atoms with E-state index in [0.717, 1.165) is 11.4 Å². The van der Waals surface area contributed by atoms with Crippen LogP contribution in [0, 0.1) is 0 Å². The molecule has 268 valence electrons. The van der Waals surface area contributed by atoms with Gasteiger partial charge in [0.1, 0.15) is 0 Å². The van der Waals surface area contributed by atoms with Gasteiger partial charge in [-0.1, -0.05) is 155 Å². The summed E-state index contributed by atoms with van der Waals surface area (Å²) in [5, 5.41) is 2.61. The Balaban J connectivity index is 1.17. The van der Waals surface area contributed by atoms with E-state index in [9.17, 15) is 0 Å². The van der Waals surface area contributed by atoms with Gasteiger partial charge in [0.05, 0.1) is 5.69 Å². The Morgan fingerprint density at radius 1 is 0.357 bits per heavy atom. The molecule has 11 rings (SSSR count). The van der Waals surface area contributed by atoms with Gasteiger partial charge in [0.25, 0.3) is 0 Å². The van der Waals surface area contributed by atoms with Crippen LogP contribution < -0.4 is 4.90 Å². The fourth-order valence-electron chi connectivity index (χ4n) is 9.74. The third kappa shape index (κ3) is 4.85. The van der Waals surface area contributed by atoms with Crippen LogP contribution in [0.25, 0.3) is 64.7 Å². The Labute approximate surface area is 333 Å². The van der Waals surface area contributed by atoms with E-state index < -0.39 is 0 Å². The molecule has 0 saturated carbocycles. The van der Waals surface area contributed by atoms with Gasteiger partial charge in [-0.2, -0.15) is 0 Å². The maximum Gasteiger partial charge on any atom is 0.0554 e. The van der Waals surface area contributed by atoms with E-state index in [1.807, 2.05) is 11.3 Å².